The summed E-state index contributed by atoms with van der Waals surface area (Å²) in [6, 6.07) is 21.3. The van der Waals surface area contributed by atoms with Crippen LogP contribution < -0.4 is 10.1 Å². The van der Waals surface area contributed by atoms with E-state index in [1.54, 1.807) is 33.8 Å². The summed E-state index contributed by atoms with van der Waals surface area (Å²) in [6.07, 6.45) is 1.74. The summed E-state index contributed by atoms with van der Waals surface area (Å²) in [4.78, 5) is 29.2. The van der Waals surface area contributed by atoms with Crippen molar-refractivity contribution in [3.05, 3.63) is 78.1 Å². The van der Waals surface area contributed by atoms with Crippen molar-refractivity contribution in [3.8, 4) is 16.9 Å². The summed E-state index contributed by atoms with van der Waals surface area (Å²) in [5, 5.41) is 2.79. The zero-order valence-electron chi connectivity index (χ0n) is 23.8. The molecule has 0 aliphatic carbocycles. The van der Waals surface area contributed by atoms with Gasteiger partial charge in [-0.2, -0.15) is 0 Å². The lowest BCUT2D eigenvalue weighted by molar-refractivity contribution is 0.0207. The van der Waals surface area contributed by atoms with E-state index in [1.807, 2.05) is 48.5 Å². The van der Waals surface area contributed by atoms with E-state index in [0.717, 1.165) is 52.8 Å². The molecule has 3 aromatic carbocycles. The Morgan fingerprint density at radius 2 is 1.73 bits per heavy atom. The smallest absolute Gasteiger partial charge is 0.450 e. The van der Waals surface area contributed by atoms with E-state index in [2.05, 4.69) is 28.9 Å². The number of carbonyl (C=O) groups excluding carboxylic acids is 2. The first-order valence-corrected chi connectivity index (χ1v) is 13.7. The van der Waals surface area contributed by atoms with Crippen molar-refractivity contribution < 1.29 is 23.8 Å². The number of hydrogen-bond donors (Lipinski definition) is 1. The fourth-order valence-corrected chi connectivity index (χ4v) is 4.36. The molecule has 0 radical (unpaired) electrons. The van der Waals surface area contributed by atoms with Crippen LogP contribution in [-0.2, 0) is 22.4 Å². The third kappa shape index (κ3) is 7.40. The van der Waals surface area contributed by atoms with Crippen LogP contribution in [0.2, 0.25) is 0 Å². The van der Waals surface area contributed by atoms with Crippen LogP contribution in [0.3, 0.4) is 0 Å². The molecule has 1 aromatic heterocycles. The Morgan fingerprint density at radius 3 is 2.42 bits per heavy atom. The summed E-state index contributed by atoms with van der Waals surface area (Å²) in [5.41, 5.74) is 4.65. The number of amides is 1. The van der Waals surface area contributed by atoms with Crippen LogP contribution in [0.5, 0.6) is 5.75 Å². The van der Waals surface area contributed by atoms with Crippen LogP contribution in [0.1, 0.15) is 58.8 Å². The number of anilines is 1. The summed E-state index contributed by atoms with van der Waals surface area (Å²) >= 11 is 0. The molecule has 0 saturated heterocycles. The number of carbonyl (C=O) groups is 2. The molecule has 0 bridgehead atoms. The van der Waals surface area contributed by atoms with Gasteiger partial charge in [0.15, 0.2) is 0 Å². The fraction of sp³-hybridized carbons (Fsp3) is 0.344. The summed E-state index contributed by atoms with van der Waals surface area (Å²) in [6.45, 7) is 10.3. The summed E-state index contributed by atoms with van der Waals surface area (Å²) in [5.74, 6) is 1.44. The Bertz CT molecular complexity index is 1470. The minimum Gasteiger partial charge on any atom is -0.450 e. The second-order valence-corrected chi connectivity index (χ2v) is 10.5. The van der Waals surface area contributed by atoms with Crippen LogP contribution in [0.15, 0.2) is 66.7 Å². The van der Waals surface area contributed by atoms with E-state index in [-0.39, 0.29) is 0 Å². The van der Waals surface area contributed by atoms with Crippen molar-refractivity contribution in [2.45, 2.75) is 66.0 Å². The minimum atomic E-state index is -0.736. The molecule has 0 aliphatic heterocycles. The number of aryl methyl sites for hydroxylation is 1. The van der Waals surface area contributed by atoms with Gasteiger partial charge in [0.05, 0.1) is 17.6 Å². The second-order valence-electron chi connectivity index (χ2n) is 10.5. The Kier molecular flexibility index (Phi) is 9.09. The molecule has 8 heteroatoms. The maximum absolute atomic E-state index is 12.3. The zero-order valence-corrected chi connectivity index (χ0v) is 23.8. The third-order valence-corrected chi connectivity index (χ3v) is 6.18. The molecule has 0 unspecified atom stereocenters. The van der Waals surface area contributed by atoms with Gasteiger partial charge in [-0.3, -0.25) is 5.32 Å². The molecule has 4 rings (SSSR count). The van der Waals surface area contributed by atoms with Gasteiger partial charge < -0.3 is 18.8 Å². The van der Waals surface area contributed by atoms with Crippen LogP contribution in [-0.4, -0.2) is 34.0 Å². The van der Waals surface area contributed by atoms with Crippen LogP contribution in [0, 0.1) is 0 Å². The number of fused-ring (bicyclic) bond motifs is 1. The molecule has 0 aliphatic rings. The van der Waals surface area contributed by atoms with Crippen molar-refractivity contribution in [2.24, 2.45) is 0 Å². The highest BCUT2D eigenvalue weighted by Crippen LogP contribution is 2.31. The number of unbranched alkanes of at least 4 members (excludes halogenated alkanes) is 1. The molecule has 4 aromatic rings. The molecule has 0 saturated carbocycles. The van der Waals surface area contributed by atoms with E-state index in [1.165, 1.54) is 0 Å². The number of nitrogens with one attached hydrogen (secondary N) is 1. The van der Waals surface area contributed by atoms with Crippen LogP contribution in [0.25, 0.3) is 22.2 Å². The highest BCUT2D eigenvalue weighted by molar-refractivity contribution is 5.89. The third-order valence-electron chi connectivity index (χ3n) is 6.18. The normalized spacial score (nSPS) is 11.3. The maximum atomic E-state index is 12.3. The Morgan fingerprint density at radius 1 is 0.975 bits per heavy atom. The van der Waals surface area contributed by atoms with Crippen molar-refractivity contribution >= 4 is 29.0 Å². The van der Waals surface area contributed by atoms with E-state index in [9.17, 15) is 9.59 Å². The minimum absolute atomic E-state index is 0.306. The SMILES string of the molecule is CCCCc1nc2ccc(NC(=O)OCC)cc2n1Cc1ccc(-c2ccccc2OC(=O)OC(C)(C)C)cc1. The second kappa shape index (κ2) is 12.7. The van der Waals surface area contributed by atoms with E-state index in [0.29, 0.717) is 24.6 Å². The monoisotopic (exact) mass is 543 g/mol. The summed E-state index contributed by atoms with van der Waals surface area (Å²) < 4.78 is 18.1. The highest BCUT2D eigenvalue weighted by Gasteiger charge is 2.20. The zero-order chi connectivity index (χ0) is 28.7. The highest BCUT2D eigenvalue weighted by atomic mass is 16.7. The number of imidazole rings is 1. The van der Waals surface area contributed by atoms with Crippen molar-refractivity contribution in [1.82, 2.24) is 9.55 Å². The van der Waals surface area contributed by atoms with Gasteiger partial charge in [-0.05, 0) is 69.5 Å². The molecular formula is C32H37N3O5. The van der Waals surface area contributed by atoms with Gasteiger partial charge in [-0.15, -0.1) is 0 Å². The van der Waals surface area contributed by atoms with E-state index >= 15 is 0 Å². The van der Waals surface area contributed by atoms with Gasteiger partial charge in [0.2, 0.25) is 0 Å². The predicted octanol–water partition coefficient (Wildman–Crippen LogP) is 7.98. The molecule has 1 amide bonds. The molecule has 1 N–H and O–H groups in total. The standard InChI is InChI=1S/C32H37N3O5/c1-6-8-13-29-34-26-19-18-24(33-30(36)38-7-2)20-27(26)35(29)21-22-14-16-23(17-15-22)25-11-9-10-12-28(25)39-31(37)40-32(3,4)5/h9-12,14-20H,6-8,13,21H2,1-5H3,(H,33,36). The summed E-state index contributed by atoms with van der Waals surface area (Å²) in [7, 11) is 0. The van der Waals surface area contributed by atoms with Crippen molar-refractivity contribution in [1.29, 1.82) is 0 Å². The first-order chi connectivity index (χ1) is 19.2. The lowest BCUT2D eigenvalue weighted by Crippen LogP contribution is -2.26. The number of benzene rings is 3. The first-order valence-electron chi connectivity index (χ1n) is 13.7. The van der Waals surface area contributed by atoms with E-state index in [4.69, 9.17) is 19.2 Å². The number of hydrogen-bond acceptors (Lipinski definition) is 6. The van der Waals surface area contributed by atoms with Gasteiger partial charge in [-0.1, -0.05) is 55.8 Å². The largest absolute Gasteiger partial charge is 0.514 e. The Labute approximate surface area is 235 Å². The number of rotatable bonds is 9. The molecule has 1 heterocycles. The molecule has 210 valence electrons. The quantitative estimate of drug-likeness (QED) is 0.170. The molecule has 0 spiro atoms. The molecule has 40 heavy (non-hydrogen) atoms. The number of nitrogens with zero attached hydrogens (tertiary/aromatic N) is 2. The lowest BCUT2D eigenvalue weighted by atomic mass is 10.0. The van der Waals surface area contributed by atoms with Crippen molar-refractivity contribution in [2.75, 3.05) is 11.9 Å². The molecule has 8 nitrogen and oxygen atoms in total. The maximum Gasteiger partial charge on any atom is 0.514 e. The predicted molar refractivity (Wildman–Crippen MR) is 157 cm³/mol. The van der Waals surface area contributed by atoms with Crippen LogP contribution >= 0.6 is 0 Å². The van der Waals surface area contributed by atoms with Crippen molar-refractivity contribution in [3.63, 3.8) is 0 Å². The number of ether oxygens (including phenoxy) is 3. The number of para-hydroxylation sites is 1. The van der Waals surface area contributed by atoms with Gasteiger partial charge in [0.25, 0.3) is 0 Å². The first kappa shape index (κ1) is 28.7. The number of aromatic nitrogens is 2. The van der Waals surface area contributed by atoms with Gasteiger partial charge >= 0.3 is 12.2 Å². The van der Waals surface area contributed by atoms with Crippen LogP contribution in [0.4, 0.5) is 15.3 Å². The fourth-order valence-electron chi connectivity index (χ4n) is 4.36. The molecule has 0 atom stereocenters. The van der Waals surface area contributed by atoms with E-state index < -0.39 is 17.8 Å². The van der Waals surface area contributed by atoms with Gasteiger partial charge in [-0.25, -0.2) is 14.6 Å². The van der Waals surface area contributed by atoms with Gasteiger partial charge in [0, 0.05) is 24.2 Å². The Balaban J connectivity index is 1.60. The van der Waals surface area contributed by atoms with Gasteiger partial charge in [0.1, 0.15) is 17.2 Å². The Hall–Kier alpha value is -4.33. The topological polar surface area (TPSA) is 91.7 Å². The average molecular weight is 544 g/mol. The molecule has 0 fully saturated rings. The molecular weight excluding hydrogens is 506 g/mol. The lowest BCUT2D eigenvalue weighted by Gasteiger charge is -2.19. The average Bonchev–Trinajstić information content (AvgIpc) is 3.23.